The van der Waals surface area contributed by atoms with Gasteiger partial charge in [0.15, 0.2) is 0 Å². The van der Waals surface area contributed by atoms with E-state index in [0.717, 1.165) is 16.0 Å². The molecule has 4 aromatic rings. The van der Waals surface area contributed by atoms with Gasteiger partial charge in [0.05, 0.1) is 6.54 Å². The first-order valence-electron chi connectivity index (χ1n) is 21.7. The lowest BCUT2D eigenvalue weighted by atomic mass is 9.84. The number of phenols is 2. The molecule has 4 amide bonds. The van der Waals surface area contributed by atoms with Crippen molar-refractivity contribution >= 4 is 29.6 Å². The van der Waals surface area contributed by atoms with Crippen LogP contribution in [0.2, 0.25) is 0 Å². The van der Waals surface area contributed by atoms with E-state index in [4.69, 9.17) is 5.73 Å². The van der Waals surface area contributed by atoms with Gasteiger partial charge in [0.2, 0.25) is 23.6 Å². The number of unbranched alkanes of at least 4 members (excludes halogenated alkanes) is 1. The first-order chi connectivity index (χ1) is 30.3. The van der Waals surface area contributed by atoms with E-state index >= 15 is 0 Å². The Hall–Kier alpha value is -6.29. The third-order valence-corrected chi connectivity index (χ3v) is 12.0. The molecule has 63 heavy (non-hydrogen) atoms. The smallest absolute Gasteiger partial charge is 0.326 e. The molecule has 0 radical (unpaired) electrons. The predicted molar refractivity (Wildman–Crippen MR) is 237 cm³/mol. The summed E-state index contributed by atoms with van der Waals surface area (Å²) in [7, 11) is 1.37. The van der Waals surface area contributed by atoms with Crippen molar-refractivity contribution in [2.45, 2.75) is 94.5 Å². The number of nitrogens with one attached hydrogen (secondary N) is 4. The summed E-state index contributed by atoms with van der Waals surface area (Å²) in [5.74, 6) is -3.90. The Morgan fingerprint density at radius 2 is 1.48 bits per heavy atom. The molecule has 1 heterocycles. The first-order valence-corrected chi connectivity index (χ1v) is 21.7. The van der Waals surface area contributed by atoms with E-state index in [9.17, 15) is 44.4 Å². The molecule has 15 nitrogen and oxygen atoms in total. The molecule has 10 N–H and O–H groups in total. The van der Waals surface area contributed by atoms with Crippen LogP contribution in [-0.2, 0) is 30.4 Å². The van der Waals surface area contributed by atoms with Crippen molar-refractivity contribution < 1.29 is 44.4 Å². The fraction of sp³-hybridized carbons (Fsp3) is 0.396. The number of amides is 4. The second kappa shape index (κ2) is 21.7. The molecule has 0 saturated heterocycles. The number of aliphatic hydroxyl groups excluding tert-OH is 1. The van der Waals surface area contributed by atoms with E-state index in [2.05, 4.69) is 45.5 Å². The van der Waals surface area contributed by atoms with Crippen LogP contribution in [-0.4, -0.2) is 93.7 Å². The SMILES string of the molecule is CN(C(=O)C(CCCCN)NC(=O)CCNC(O)c1ccc(-c2ccc(C3CCCCC3)cc2)cc1)C1C(=O)NCC(=O)NC(C(=O)O)Cc2ccc(O)c(c2)-c2cc1ccc2O. The van der Waals surface area contributed by atoms with Crippen molar-refractivity contribution in [3.8, 4) is 33.8 Å². The van der Waals surface area contributed by atoms with Crippen LogP contribution in [0.15, 0.2) is 84.9 Å². The van der Waals surface area contributed by atoms with E-state index in [1.165, 1.54) is 81.1 Å². The third-order valence-electron chi connectivity index (χ3n) is 12.0. The predicted octanol–water partition coefficient (Wildman–Crippen LogP) is 4.51. The van der Waals surface area contributed by atoms with Gasteiger partial charge in [-0.15, -0.1) is 0 Å². The highest BCUT2D eigenvalue weighted by Gasteiger charge is 2.34. The lowest BCUT2D eigenvalue weighted by Crippen LogP contribution is -2.52. The van der Waals surface area contributed by atoms with E-state index in [1.54, 1.807) is 0 Å². The van der Waals surface area contributed by atoms with Crippen LogP contribution in [0, 0.1) is 0 Å². The van der Waals surface area contributed by atoms with Crippen LogP contribution in [0.25, 0.3) is 22.3 Å². The summed E-state index contributed by atoms with van der Waals surface area (Å²) in [6.07, 6.45) is 6.27. The van der Waals surface area contributed by atoms with Gasteiger partial charge in [-0.3, -0.25) is 24.5 Å². The zero-order valence-corrected chi connectivity index (χ0v) is 35.5. The third kappa shape index (κ3) is 12.0. The van der Waals surface area contributed by atoms with Gasteiger partial charge in [-0.2, -0.15) is 0 Å². The summed E-state index contributed by atoms with van der Waals surface area (Å²) >= 11 is 0. The van der Waals surface area contributed by atoms with Crippen molar-refractivity contribution in [3.63, 3.8) is 0 Å². The fourth-order valence-corrected chi connectivity index (χ4v) is 8.43. The van der Waals surface area contributed by atoms with Gasteiger partial charge in [0.1, 0.15) is 35.9 Å². The number of nitrogens with two attached hydrogens (primary N) is 1. The number of aliphatic carboxylic acids is 1. The van der Waals surface area contributed by atoms with Crippen LogP contribution < -0.4 is 27.0 Å². The number of benzene rings is 4. The largest absolute Gasteiger partial charge is 0.507 e. The molecule has 4 aromatic carbocycles. The second-order valence-corrected chi connectivity index (χ2v) is 16.5. The van der Waals surface area contributed by atoms with Crippen molar-refractivity contribution in [2.75, 3.05) is 26.7 Å². The average Bonchev–Trinajstić information content (AvgIpc) is 3.28. The summed E-state index contributed by atoms with van der Waals surface area (Å²) < 4.78 is 0. The second-order valence-electron chi connectivity index (χ2n) is 16.5. The maximum absolute atomic E-state index is 14.3. The van der Waals surface area contributed by atoms with Crippen LogP contribution in [0.5, 0.6) is 11.5 Å². The number of carboxylic acid groups (broad SMARTS) is 1. The normalized spacial score (nSPS) is 18.0. The molecule has 0 aromatic heterocycles. The molecular weight excluding hydrogens is 805 g/mol. The molecule has 0 spiro atoms. The first kappa shape index (κ1) is 46.2. The number of phenolic OH excluding ortho intramolecular Hbond substituents is 2. The molecule has 15 heteroatoms. The summed E-state index contributed by atoms with van der Waals surface area (Å²) in [5.41, 5.74) is 10.8. The number of carbonyl (C=O) groups excluding carboxylic acids is 4. The Kier molecular flexibility index (Phi) is 15.9. The minimum Gasteiger partial charge on any atom is -0.507 e. The number of carbonyl (C=O) groups is 5. The molecule has 4 unspecified atom stereocenters. The Labute approximate surface area is 367 Å². The van der Waals surface area contributed by atoms with Gasteiger partial charge >= 0.3 is 5.97 Å². The average molecular weight is 863 g/mol. The molecule has 1 aliphatic heterocycles. The monoisotopic (exact) mass is 862 g/mol. The number of aliphatic hydroxyl groups is 1. The van der Waals surface area contributed by atoms with Gasteiger partial charge in [0, 0.05) is 37.6 Å². The lowest BCUT2D eigenvalue weighted by Gasteiger charge is -2.32. The molecule has 2 aliphatic rings. The Morgan fingerprint density at radius 3 is 2.14 bits per heavy atom. The zero-order valence-electron chi connectivity index (χ0n) is 35.5. The highest BCUT2D eigenvalue weighted by Crippen LogP contribution is 2.39. The molecule has 1 fully saturated rings. The fourth-order valence-electron chi connectivity index (χ4n) is 8.43. The molecule has 1 aliphatic carbocycles. The van der Waals surface area contributed by atoms with Crippen LogP contribution in [0.4, 0.5) is 0 Å². The van der Waals surface area contributed by atoms with Gasteiger partial charge in [0.25, 0.3) is 0 Å². The molecular formula is C48H58N6O9. The maximum Gasteiger partial charge on any atom is 0.326 e. The number of rotatable bonds is 15. The van der Waals surface area contributed by atoms with Crippen LogP contribution in [0.1, 0.15) is 98.2 Å². The summed E-state index contributed by atoms with van der Waals surface area (Å²) in [4.78, 5) is 67.8. The van der Waals surface area contributed by atoms with E-state index in [-0.39, 0.29) is 54.0 Å². The molecule has 4 atom stereocenters. The van der Waals surface area contributed by atoms with Crippen LogP contribution >= 0.6 is 0 Å². The van der Waals surface area contributed by atoms with Crippen molar-refractivity contribution in [3.05, 3.63) is 107 Å². The number of likely N-dealkylation sites (N-methyl/N-ethyl adjacent to an activating group) is 1. The summed E-state index contributed by atoms with van der Waals surface area (Å²) in [5, 5.41) is 53.2. The number of nitrogens with zero attached hydrogens (tertiary/aromatic N) is 1. The number of hydrogen-bond acceptors (Lipinski definition) is 10. The number of carboxylic acids is 1. The van der Waals surface area contributed by atoms with Crippen molar-refractivity contribution in [2.24, 2.45) is 5.73 Å². The zero-order chi connectivity index (χ0) is 45.0. The number of fused-ring (bicyclic) bond motifs is 5. The summed E-state index contributed by atoms with van der Waals surface area (Å²) in [6, 6.07) is 20.9. The molecule has 6 rings (SSSR count). The molecule has 334 valence electrons. The minimum absolute atomic E-state index is 0.0804. The van der Waals surface area contributed by atoms with Gasteiger partial charge in [-0.05, 0) is 102 Å². The van der Waals surface area contributed by atoms with E-state index < -0.39 is 60.5 Å². The molecule has 4 bridgehead atoms. The van der Waals surface area contributed by atoms with Gasteiger partial charge < -0.3 is 47.0 Å². The van der Waals surface area contributed by atoms with Gasteiger partial charge in [-0.25, -0.2) is 4.79 Å². The Morgan fingerprint density at radius 1 is 0.841 bits per heavy atom. The highest BCUT2D eigenvalue weighted by molar-refractivity contribution is 5.95. The van der Waals surface area contributed by atoms with Crippen molar-refractivity contribution in [1.82, 2.24) is 26.2 Å². The summed E-state index contributed by atoms with van der Waals surface area (Å²) in [6.45, 7) is -0.182. The maximum atomic E-state index is 14.3. The topological polar surface area (TPSA) is 244 Å². The standard InChI is InChI=1S/C48H58N6O9/c1-54(44-35-19-21-41(56)37(27-35)36-25-29(10-20-40(36)55)26-39(48(62)63)53-43(58)28-51-46(44)60)47(61)38(9-5-6-23-49)52-42(57)22-24-50-45(59)34-17-15-33(16-18-34)32-13-11-31(12-14-32)30-7-3-2-4-8-30/h10-21,25,27,30,38-39,44-45,50,55-56,59H,2-9,22-24,26,28,49H2,1H3,(H,51,60)(H,52,57)(H,53,58)(H,62,63). The number of hydrogen-bond donors (Lipinski definition) is 9. The Bertz CT molecular complexity index is 2240. The van der Waals surface area contributed by atoms with Gasteiger partial charge in [-0.1, -0.05) is 79.9 Å². The number of aromatic hydroxyl groups is 2. The quantitative estimate of drug-likeness (QED) is 0.0595. The highest BCUT2D eigenvalue weighted by atomic mass is 16.4. The van der Waals surface area contributed by atoms with E-state index in [1.807, 2.05) is 24.3 Å². The van der Waals surface area contributed by atoms with E-state index in [0.29, 0.717) is 36.4 Å². The van der Waals surface area contributed by atoms with Crippen molar-refractivity contribution in [1.29, 1.82) is 0 Å². The van der Waals surface area contributed by atoms with Crippen LogP contribution in [0.3, 0.4) is 0 Å². The molecule has 1 saturated carbocycles. The minimum atomic E-state index is -1.41. The Balaban J connectivity index is 1.13. The lowest BCUT2D eigenvalue weighted by molar-refractivity contribution is -0.143.